The molecule has 0 saturated heterocycles. The smallest absolute Gasteiger partial charge is 0.251 e. The van der Waals surface area contributed by atoms with Crippen LogP contribution in [0.4, 0.5) is 0 Å². The quantitative estimate of drug-likeness (QED) is 0.599. The molecule has 1 atom stereocenters. The van der Waals surface area contributed by atoms with E-state index in [1.807, 2.05) is 49.4 Å². The zero-order valence-electron chi connectivity index (χ0n) is 16.8. The number of carbonyl (C=O) groups excluding carboxylic acids is 1. The average Bonchev–Trinajstić information content (AvgIpc) is 3.25. The van der Waals surface area contributed by atoms with Crippen LogP contribution in [0.25, 0.3) is 0 Å². The summed E-state index contributed by atoms with van der Waals surface area (Å²) in [5.41, 5.74) is 2.73. The van der Waals surface area contributed by atoms with E-state index in [1.165, 1.54) is 0 Å². The van der Waals surface area contributed by atoms with Gasteiger partial charge in [0.2, 0.25) is 0 Å². The third-order valence-electron chi connectivity index (χ3n) is 4.67. The van der Waals surface area contributed by atoms with E-state index in [2.05, 4.69) is 20.8 Å². The molecule has 1 N–H and O–H groups in total. The molecule has 1 unspecified atom stereocenters. The molecule has 3 rings (SSSR count). The SMILES string of the molecule is COc1ccc(CCC(C)NC(=O)c2ccc(Cn3cnnn3)cc2)c(OC)c1. The molecule has 29 heavy (non-hydrogen) atoms. The maximum Gasteiger partial charge on any atom is 0.251 e. The van der Waals surface area contributed by atoms with Crippen LogP contribution in [0.3, 0.4) is 0 Å². The minimum Gasteiger partial charge on any atom is -0.497 e. The van der Waals surface area contributed by atoms with E-state index in [9.17, 15) is 4.79 Å². The highest BCUT2D eigenvalue weighted by molar-refractivity contribution is 5.94. The summed E-state index contributed by atoms with van der Waals surface area (Å²) >= 11 is 0. The van der Waals surface area contributed by atoms with E-state index >= 15 is 0 Å². The molecule has 0 radical (unpaired) electrons. The fraction of sp³-hybridized carbons (Fsp3) is 0.333. The number of benzene rings is 2. The lowest BCUT2D eigenvalue weighted by atomic mass is 10.0. The van der Waals surface area contributed by atoms with Gasteiger partial charge in [0.05, 0.1) is 20.8 Å². The van der Waals surface area contributed by atoms with Crippen LogP contribution >= 0.6 is 0 Å². The van der Waals surface area contributed by atoms with Gasteiger partial charge in [-0.3, -0.25) is 4.79 Å². The van der Waals surface area contributed by atoms with Gasteiger partial charge in [0.15, 0.2) is 0 Å². The van der Waals surface area contributed by atoms with E-state index in [0.29, 0.717) is 12.1 Å². The molecule has 0 spiro atoms. The van der Waals surface area contributed by atoms with Crippen LogP contribution in [0.15, 0.2) is 48.8 Å². The van der Waals surface area contributed by atoms with Crippen LogP contribution in [0.1, 0.15) is 34.8 Å². The average molecular weight is 395 g/mol. The van der Waals surface area contributed by atoms with Gasteiger partial charge in [-0.15, -0.1) is 5.10 Å². The number of methoxy groups -OCH3 is 2. The molecule has 8 nitrogen and oxygen atoms in total. The standard InChI is InChI=1S/C21H25N5O3/c1-15(4-7-17-10-11-19(28-2)12-20(17)29-3)23-21(27)18-8-5-16(6-9-18)13-26-14-22-24-25-26/h5-6,8-12,14-15H,4,7,13H2,1-3H3,(H,23,27). The van der Waals surface area contributed by atoms with Crippen LogP contribution in [-0.4, -0.2) is 46.4 Å². The topological polar surface area (TPSA) is 91.2 Å². The highest BCUT2D eigenvalue weighted by Crippen LogP contribution is 2.25. The molecule has 0 aliphatic carbocycles. The molecule has 0 aliphatic rings. The van der Waals surface area contributed by atoms with Crippen LogP contribution in [-0.2, 0) is 13.0 Å². The van der Waals surface area contributed by atoms with E-state index in [4.69, 9.17) is 9.47 Å². The molecule has 0 aliphatic heterocycles. The number of ether oxygens (including phenoxy) is 2. The van der Waals surface area contributed by atoms with Gasteiger partial charge in [-0.2, -0.15) is 0 Å². The van der Waals surface area contributed by atoms with Crippen LogP contribution in [0, 0.1) is 0 Å². The monoisotopic (exact) mass is 395 g/mol. The maximum atomic E-state index is 12.5. The molecule has 0 bridgehead atoms. The molecule has 152 valence electrons. The van der Waals surface area contributed by atoms with E-state index < -0.39 is 0 Å². The lowest BCUT2D eigenvalue weighted by molar-refractivity contribution is 0.0938. The number of aromatic nitrogens is 4. The lowest BCUT2D eigenvalue weighted by Gasteiger charge is -2.16. The Kier molecular flexibility index (Phi) is 6.78. The Labute approximate surface area is 169 Å². The van der Waals surface area contributed by atoms with Crippen molar-refractivity contribution in [1.82, 2.24) is 25.5 Å². The predicted molar refractivity (Wildman–Crippen MR) is 108 cm³/mol. The van der Waals surface area contributed by atoms with Crippen molar-refractivity contribution in [3.8, 4) is 11.5 Å². The summed E-state index contributed by atoms with van der Waals surface area (Å²) in [5.74, 6) is 1.46. The van der Waals surface area contributed by atoms with Crippen molar-refractivity contribution in [2.24, 2.45) is 0 Å². The Morgan fingerprint density at radius 1 is 1.14 bits per heavy atom. The van der Waals surface area contributed by atoms with Crippen molar-refractivity contribution in [3.05, 3.63) is 65.5 Å². The first-order valence-electron chi connectivity index (χ1n) is 9.40. The van der Waals surface area contributed by atoms with E-state index in [-0.39, 0.29) is 11.9 Å². The third kappa shape index (κ3) is 5.54. The van der Waals surface area contributed by atoms with Gasteiger partial charge in [-0.05, 0) is 59.5 Å². The second kappa shape index (κ2) is 9.68. The van der Waals surface area contributed by atoms with Gasteiger partial charge in [0.1, 0.15) is 17.8 Å². The first-order chi connectivity index (χ1) is 14.1. The zero-order valence-corrected chi connectivity index (χ0v) is 16.8. The van der Waals surface area contributed by atoms with Crippen molar-refractivity contribution < 1.29 is 14.3 Å². The molecule has 0 saturated carbocycles. The summed E-state index contributed by atoms with van der Waals surface area (Å²) in [6.07, 6.45) is 3.14. The van der Waals surface area contributed by atoms with Gasteiger partial charge >= 0.3 is 0 Å². The number of rotatable bonds is 9. The maximum absolute atomic E-state index is 12.5. The predicted octanol–water partition coefficient (Wildman–Crippen LogP) is 2.49. The van der Waals surface area contributed by atoms with Gasteiger partial charge in [-0.1, -0.05) is 18.2 Å². The largest absolute Gasteiger partial charge is 0.497 e. The minimum absolute atomic E-state index is 0.0233. The number of amides is 1. The summed E-state index contributed by atoms with van der Waals surface area (Å²) < 4.78 is 12.3. The zero-order chi connectivity index (χ0) is 20.6. The Morgan fingerprint density at radius 2 is 1.93 bits per heavy atom. The number of nitrogens with zero attached hydrogens (tertiary/aromatic N) is 4. The number of carbonyl (C=O) groups is 1. The van der Waals surface area contributed by atoms with Crippen molar-refractivity contribution in [2.45, 2.75) is 32.4 Å². The molecule has 1 amide bonds. The number of nitrogens with one attached hydrogen (secondary N) is 1. The number of tetrazole rings is 1. The molecule has 1 aromatic heterocycles. The first kappa shape index (κ1) is 20.3. The van der Waals surface area contributed by atoms with Gasteiger partial charge < -0.3 is 14.8 Å². The van der Waals surface area contributed by atoms with Gasteiger partial charge in [0, 0.05) is 17.7 Å². The normalized spacial score (nSPS) is 11.7. The Hall–Kier alpha value is -3.42. The Bertz CT molecular complexity index is 926. The van der Waals surface area contributed by atoms with E-state index in [0.717, 1.165) is 35.5 Å². The summed E-state index contributed by atoms with van der Waals surface area (Å²) in [6, 6.07) is 13.2. The van der Waals surface area contributed by atoms with Crippen molar-refractivity contribution >= 4 is 5.91 Å². The molecule has 1 heterocycles. The fourth-order valence-electron chi connectivity index (χ4n) is 3.01. The van der Waals surface area contributed by atoms with E-state index in [1.54, 1.807) is 25.2 Å². The van der Waals surface area contributed by atoms with Crippen LogP contribution < -0.4 is 14.8 Å². The van der Waals surface area contributed by atoms with Crippen LogP contribution in [0.5, 0.6) is 11.5 Å². The van der Waals surface area contributed by atoms with Gasteiger partial charge in [0.25, 0.3) is 5.91 Å². The van der Waals surface area contributed by atoms with Crippen molar-refractivity contribution in [3.63, 3.8) is 0 Å². The molecular formula is C21H25N5O3. The Balaban J connectivity index is 1.52. The van der Waals surface area contributed by atoms with Crippen LogP contribution in [0.2, 0.25) is 0 Å². The summed E-state index contributed by atoms with van der Waals surface area (Å²) in [7, 11) is 3.27. The summed E-state index contributed by atoms with van der Waals surface area (Å²) in [6.45, 7) is 2.56. The molecule has 3 aromatic rings. The first-order valence-corrected chi connectivity index (χ1v) is 9.40. The molecule has 0 fully saturated rings. The molecular weight excluding hydrogens is 370 g/mol. The van der Waals surface area contributed by atoms with Gasteiger partial charge in [-0.25, -0.2) is 4.68 Å². The second-order valence-electron chi connectivity index (χ2n) is 6.80. The number of hydrogen-bond donors (Lipinski definition) is 1. The minimum atomic E-state index is -0.0897. The number of aryl methyl sites for hydroxylation is 1. The third-order valence-corrected chi connectivity index (χ3v) is 4.67. The highest BCUT2D eigenvalue weighted by atomic mass is 16.5. The van der Waals surface area contributed by atoms with Crippen molar-refractivity contribution in [2.75, 3.05) is 14.2 Å². The van der Waals surface area contributed by atoms with Crippen molar-refractivity contribution in [1.29, 1.82) is 0 Å². The summed E-state index contributed by atoms with van der Waals surface area (Å²) in [5, 5.41) is 14.1. The highest BCUT2D eigenvalue weighted by Gasteiger charge is 2.12. The molecule has 2 aromatic carbocycles. The molecule has 8 heteroatoms. The Morgan fingerprint density at radius 3 is 2.59 bits per heavy atom. The second-order valence-corrected chi connectivity index (χ2v) is 6.80. The summed E-state index contributed by atoms with van der Waals surface area (Å²) in [4.78, 5) is 12.5. The fourth-order valence-corrected chi connectivity index (χ4v) is 3.01. The number of hydrogen-bond acceptors (Lipinski definition) is 6. The lowest BCUT2D eigenvalue weighted by Crippen LogP contribution is -2.32.